The summed E-state index contributed by atoms with van der Waals surface area (Å²) in [7, 11) is -4.56. The van der Waals surface area contributed by atoms with Gasteiger partial charge in [0.05, 0.1) is 16.1 Å². The maximum absolute atomic E-state index is 14.5. The van der Waals surface area contributed by atoms with Gasteiger partial charge in [-0.1, -0.05) is 89.1 Å². The number of aryl methyl sites for hydroxylation is 1. The van der Waals surface area contributed by atoms with Crippen LogP contribution in [0.15, 0.2) is 112 Å². The van der Waals surface area contributed by atoms with Crippen LogP contribution in [0.5, 0.6) is 0 Å². The summed E-state index contributed by atoms with van der Waals surface area (Å²) in [5, 5.41) is 2.95. The molecule has 0 aromatic heterocycles. The van der Waals surface area contributed by atoms with Crippen LogP contribution in [0.25, 0.3) is 0 Å². The average Bonchev–Trinajstić information content (AvgIpc) is 3.06. The van der Waals surface area contributed by atoms with Crippen LogP contribution < -0.4 is 9.62 Å². The number of carbonyl (C=O) groups is 2. The average molecular weight is 745 g/mol. The summed E-state index contributed by atoms with van der Waals surface area (Å²) in [5.41, 5.74) is 0.780. The van der Waals surface area contributed by atoms with Gasteiger partial charge in [-0.25, -0.2) is 8.42 Å². The Kier molecular flexibility index (Phi) is 12.1. The normalized spacial score (nSPS) is 13.0. The van der Waals surface area contributed by atoms with Crippen LogP contribution in [0.4, 0.5) is 18.9 Å². The van der Waals surface area contributed by atoms with Gasteiger partial charge in [0.1, 0.15) is 12.6 Å². The van der Waals surface area contributed by atoms with Crippen molar-refractivity contribution in [2.24, 2.45) is 0 Å². The first kappa shape index (κ1) is 36.7. The lowest BCUT2D eigenvalue weighted by atomic mass is 10.0. The molecule has 0 aliphatic heterocycles. The van der Waals surface area contributed by atoms with Crippen LogP contribution in [-0.4, -0.2) is 43.8 Å². The summed E-state index contributed by atoms with van der Waals surface area (Å²) in [4.78, 5) is 29.5. The fraction of sp³-hybridized carbons (Fsp3) is 0.278. The second-order valence-electron chi connectivity index (χ2n) is 11.5. The Balaban J connectivity index is 1.84. The monoisotopic (exact) mass is 743 g/mol. The summed E-state index contributed by atoms with van der Waals surface area (Å²) in [6.45, 7) is 4.57. The summed E-state index contributed by atoms with van der Waals surface area (Å²) in [5.74, 6) is -1.21. The lowest BCUT2D eigenvalue weighted by Crippen LogP contribution is -2.54. The highest BCUT2D eigenvalue weighted by molar-refractivity contribution is 9.10. The topological polar surface area (TPSA) is 86.8 Å². The minimum Gasteiger partial charge on any atom is -0.352 e. The number of hydrogen-bond donors (Lipinski definition) is 1. The third-order valence-corrected chi connectivity index (χ3v) is 10.2. The Morgan fingerprint density at radius 3 is 2.12 bits per heavy atom. The molecule has 4 aromatic rings. The molecule has 4 aromatic carbocycles. The number of nitrogens with one attached hydrogen (secondary N) is 1. The Labute approximate surface area is 287 Å². The Morgan fingerprint density at radius 2 is 1.52 bits per heavy atom. The third-order valence-electron chi connectivity index (χ3n) is 7.89. The molecule has 0 fully saturated rings. The molecule has 0 saturated carbocycles. The van der Waals surface area contributed by atoms with Gasteiger partial charge in [-0.05, 0) is 73.9 Å². The summed E-state index contributed by atoms with van der Waals surface area (Å²) < 4.78 is 71.1. The first-order chi connectivity index (χ1) is 22.7. The van der Waals surface area contributed by atoms with Crippen molar-refractivity contribution in [3.8, 4) is 0 Å². The number of rotatable bonds is 13. The zero-order valence-electron chi connectivity index (χ0n) is 26.7. The van der Waals surface area contributed by atoms with Crippen molar-refractivity contribution in [2.75, 3.05) is 10.8 Å². The van der Waals surface area contributed by atoms with Crippen LogP contribution in [0.1, 0.15) is 42.5 Å². The maximum atomic E-state index is 14.5. The number of nitrogens with zero attached hydrogens (tertiary/aromatic N) is 2. The molecule has 7 nitrogen and oxygen atoms in total. The number of amides is 2. The number of sulfonamides is 1. The van der Waals surface area contributed by atoms with E-state index in [4.69, 9.17) is 0 Å². The number of halogens is 4. The molecule has 1 N–H and O–H groups in total. The van der Waals surface area contributed by atoms with Crippen molar-refractivity contribution in [1.29, 1.82) is 0 Å². The molecule has 4 rings (SSSR count). The van der Waals surface area contributed by atoms with E-state index in [2.05, 4.69) is 21.2 Å². The molecule has 0 heterocycles. The smallest absolute Gasteiger partial charge is 0.352 e. The quantitative estimate of drug-likeness (QED) is 0.154. The second-order valence-corrected chi connectivity index (χ2v) is 14.3. The fourth-order valence-electron chi connectivity index (χ4n) is 4.99. The molecular weight excluding hydrogens is 707 g/mol. The van der Waals surface area contributed by atoms with E-state index < -0.39 is 46.2 Å². The Hall–Kier alpha value is -4.16. The first-order valence-corrected chi connectivity index (χ1v) is 17.6. The minimum atomic E-state index is -4.76. The van der Waals surface area contributed by atoms with Gasteiger partial charge in [0.25, 0.3) is 10.0 Å². The summed E-state index contributed by atoms with van der Waals surface area (Å²) in [6, 6.07) is 24.5. The van der Waals surface area contributed by atoms with Crippen molar-refractivity contribution in [2.45, 2.75) is 63.3 Å². The fourth-order valence-corrected chi connectivity index (χ4v) is 6.66. The first-order valence-electron chi connectivity index (χ1n) is 15.3. The number of anilines is 1. The molecule has 0 saturated heterocycles. The lowest BCUT2D eigenvalue weighted by Gasteiger charge is -2.34. The molecule has 0 radical (unpaired) electrons. The van der Waals surface area contributed by atoms with E-state index in [0.29, 0.717) is 22.4 Å². The molecule has 0 bridgehead atoms. The van der Waals surface area contributed by atoms with Crippen LogP contribution in [0, 0.1) is 6.92 Å². The van der Waals surface area contributed by atoms with E-state index in [9.17, 15) is 31.2 Å². The molecule has 12 heteroatoms. The van der Waals surface area contributed by atoms with E-state index in [1.165, 1.54) is 23.1 Å². The van der Waals surface area contributed by atoms with E-state index in [1.807, 2.05) is 44.2 Å². The van der Waals surface area contributed by atoms with Crippen LogP contribution >= 0.6 is 15.9 Å². The van der Waals surface area contributed by atoms with Crippen LogP contribution in [0.2, 0.25) is 0 Å². The second kappa shape index (κ2) is 15.8. The SMILES string of the molecule is CC[C@@H](C)NC(=O)[C@H](Cc1ccccc1)N(Cc1ccc(Br)cc1)C(=O)CN(c1cccc(C(F)(F)F)c1)S(=O)(=O)c1ccc(C)cc1. The molecule has 0 aliphatic rings. The third kappa shape index (κ3) is 9.47. The van der Waals surface area contributed by atoms with Gasteiger partial charge < -0.3 is 10.2 Å². The van der Waals surface area contributed by atoms with Gasteiger partial charge in [-0.3, -0.25) is 13.9 Å². The van der Waals surface area contributed by atoms with E-state index in [0.717, 1.165) is 27.7 Å². The molecule has 48 heavy (non-hydrogen) atoms. The van der Waals surface area contributed by atoms with Crippen LogP contribution in [-0.2, 0) is 38.8 Å². The van der Waals surface area contributed by atoms with E-state index in [-0.39, 0.29) is 29.6 Å². The summed E-state index contributed by atoms with van der Waals surface area (Å²) in [6.07, 6.45) is -4.02. The zero-order chi connectivity index (χ0) is 35.1. The zero-order valence-corrected chi connectivity index (χ0v) is 29.1. The van der Waals surface area contributed by atoms with Crippen LogP contribution in [0.3, 0.4) is 0 Å². The van der Waals surface area contributed by atoms with Gasteiger partial charge in [-0.2, -0.15) is 13.2 Å². The van der Waals surface area contributed by atoms with Gasteiger partial charge in [0.15, 0.2) is 0 Å². The molecule has 2 atom stereocenters. The van der Waals surface area contributed by atoms with Crippen molar-refractivity contribution in [3.63, 3.8) is 0 Å². The molecule has 0 aliphatic carbocycles. The largest absolute Gasteiger partial charge is 0.416 e. The van der Waals surface area contributed by atoms with Gasteiger partial charge >= 0.3 is 6.18 Å². The van der Waals surface area contributed by atoms with Gasteiger partial charge in [-0.15, -0.1) is 0 Å². The Morgan fingerprint density at radius 1 is 0.875 bits per heavy atom. The number of benzene rings is 4. The minimum absolute atomic E-state index is 0.0709. The van der Waals surface area contributed by atoms with Gasteiger partial charge in [0.2, 0.25) is 11.8 Å². The van der Waals surface area contributed by atoms with Gasteiger partial charge in [0, 0.05) is 23.5 Å². The predicted molar refractivity (Wildman–Crippen MR) is 184 cm³/mol. The van der Waals surface area contributed by atoms with E-state index >= 15 is 0 Å². The molecular formula is C36H37BrF3N3O4S. The summed E-state index contributed by atoms with van der Waals surface area (Å²) >= 11 is 3.40. The van der Waals surface area contributed by atoms with E-state index in [1.54, 1.807) is 43.3 Å². The highest BCUT2D eigenvalue weighted by atomic mass is 79.9. The molecule has 2 amide bonds. The molecule has 0 spiro atoms. The molecule has 254 valence electrons. The number of hydrogen-bond acceptors (Lipinski definition) is 4. The number of carbonyl (C=O) groups excluding carboxylic acids is 2. The lowest BCUT2D eigenvalue weighted by molar-refractivity contribution is -0.140. The Bertz CT molecular complexity index is 1800. The maximum Gasteiger partial charge on any atom is 0.416 e. The highest BCUT2D eigenvalue weighted by Crippen LogP contribution is 2.33. The predicted octanol–water partition coefficient (Wildman–Crippen LogP) is 7.53. The van der Waals surface area contributed by atoms with Crippen molar-refractivity contribution < 1.29 is 31.2 Å². The van der Waals surface area contributed by atoms with Crippen molar-refractivity contribution >= 4 is 43.5 Å². The standard InChI is InChI=1S/C36H37BrF3N3O4S/c1-4-26(3)41-35(45)33(21-27-9-6-5-7-10-27)42(23-28-15-17-30(37)18-16-28)34(44)24-43(31-12-8-11-29(22-31)36(38,39)40)48(46,47)32-19-13-25(2)14-20-32/h5-20,22,26,33H,4,21,23-24H2,1-3H3,(H,41,45)/t26-,33+/m1/s1. The molecule has 0 unspecified atom stereocenters. The highest BCUT2D eigenvalue weighted by Gasteiger charge is 2.36. The number of alkyl halides is 3. The van der Waals surface area contributed by atoms with Crippen molar-refractivity contribution in [1.82, 2.24) is 10.2 Å². The van der Waals surface area contributed by atoms with Crippen molar-refractivity contribution in [3.05, 3.63) is 130 Å².